The molecule has 34 nitrogen and oxygen atoms in total. The largest absolute Gasteiger partial charge is 0.497 e. The first-order valence-corrected chi connectivity index (χ1v) is 41.3. The van der Waals surface area contributed by atoms with Crippen LogP contribution in [0.2, 0.25) is 0 Å². The van der Waals surface area contributed by atoms with Crippen molar-refractivity contribution in [2.24, 2.45) is 15.7 Å². The van der Waals surface area contributed by atoms with Gasteiger partial charge in [-0.15, -0.1) is 0 Å². The number of hydrogen-bond donors (Lipinski definition) is 7. The number of amides is 10. The van der Waals surface area contributed by atoms with Gasteiger partial charge in [0.25, 0.3) is 35.4 Å². The third-order valence-electron chi connectivity index (χ3n) is 18.5. The molecular weight excluding hydrogens is 1620 g/mol. The number of nitrogens with two attached hydrogens (primary N) is 1. The average molecular weight is 1740 g/mol. The zero-order valence-electron chi connectivity index (χ0n) is 72.0. The van der Waals surface area contributed by atoms with E-state index >= 15 is 0 Å². The lowest BCUT2D eigenvalue weighted by Crippen LogP contribution is -2.37. The van der Waals surface area contributed by atoms with Crippen molar-refractivity contribution in [1.29, 1.82) is 0 Å². The maximum Gasteiger partial charge on any atom is 0.325 e. The molecule has 0 bridgehead atoms. The lowest BCUT2D eigenvalue weighted by molar-refractivity contribution is -0.155. The Bertz CT molecular complexity index is 4660. The third kappa shape index (κ3) is 33.7. The summed E-state index contributed by atoms with van der Waals surface area (Å²) in [5.41, 5.74) is 11.2. The molecule has 0 aromatic heterocycles. The van der Waals surface area contributed by atoms with E-state index in [9.17, 15) is 71.9 Å². The Morgan fingerprint density at radius 2 is 0.960 bits per heavy atom. The number of hydrogen-bond acceptors (Lipinski definition) is 25. The number of imide groups is 2. The summed E-state index contributed by atoms with van der Waals surface area (Å²) in [7, 11) is 3.15. The van der Waals surface area contributed by atoms with Gasteiger partial charge in [-0.1, -0.05) is 57.4 Å². The number of methoxy groups -OCH3 is 2. The standard InChI is InChI=1S/C57H57N7O11.C15H20N2O6.C8H16N2O3.C6H12ClNO2.C3H8/c1-35-24-45-47(58-30-41-26-39(34-63(41)56(45)70)37-11-16-44(72-2)17-12-37)28-49(35)74-22-7-23-75-51-29-48-46(27-50(51)73-3)57(71)64-33-38(25-42(64)31-59-48)36-9-13-40(14-10-36)61-53(67)18-15-43(65)32-60-52(66)8-5-4-6-21-62-54(68)19-20-55(62)69;18-11(5-6-12(19)16-10-15(22)23)4-2-1-3-9-17-13(20)7-8-14(17)21;1-8(2,3)13-7(12)5-10-6(11)4-9;1-6(2,3)10-5(9)4-8-7;1-3-2/h9-14,16-17,19-20,24,27-31,33-34,41-42H,4-8,15,18,21-23,25-26,32H2,1-3H3,(H,60,66)(H,61,67);7-8H,1-6,9-10H2,(H,16,19)(H,22,23);4-5,9H2,1-3H3,(H,10,11);8H,4H2,1-3H3;3H2,1-2H3/t41-,42-;;;;/m0..../s1. The van der Waals surface area contributed by atoms with Crippen molar-refractivity contribution in [3.05, 3.63) is 137 Å². The second-order valence-electron chi connectivity index (χ2n) is 31.0. The number of nitrogens with zero attached hydrogens (tertiary/aromatic N) is 6. The molecule has 4 aromatic rings. The Hall–Kier alpha value is -12.6. The Balaban J connectivity index is 0.000000392. The van der Waals surface area contributed by atoms with E-state index in [0.717, 1.165) is 43.4 Å². The molecule has 0 spiro atoms. The maximum absolute atomic E-state index is 14.0. The molecule has 0 saturated heterocycles. The maximum atomic E-state index is 14.0. The molecule has 10 amide bonds. The van der Waals surface area contributed by atoms with Gasteiger partial charge in [0.1, 0.15) is 48.1 Å². The van der Waals surface area contributed by atoms with Gasteiger partial charge in [-0.05, 0) is 150 Å². The summed E-state index contributed by atoms with van der Waals surface area (Å²) in [4.78, 5) is 194. The number of aliphatic imine (C=N–C) groups is 2. The molecule has 4 aromatic carbocycles. The van der Waals surface area contributed by atoms with Crippen LogP contribution in [0.25, 0.3) is 11.1 Å². The number of aliphatic carboxylic acids is 1. The number of esters is 2. The molecule has 6 heterocycles. The smallest absolute Gasteiger partial charge is 0.325 e. The Morgan fingerprint density at radius 3 is 1.45 bits per heavy atom. The molecule has 35 heteroatoms. The molecular formula is C89H113ClN12O22. The summed E-state index contributed by atoms with van der Waals surface area (Å²) >= 11 is 5.07. The first-order valence-electron chi connectivity index (χ1n) is 40.9. The lowest BCUT2D eigenvalue weighted by atomic mass is 10.0. The number of anilines is 1. The van der Waals surface area contributed by atoms with Gasteiger partial charge in [-0.2, -0.15) is 0 Å². The van der Waals surface area contributed by atoms with Gasteiger partial charge in [0.05, 0.1) is 75.1 Å². The zero-order chi connectivity index (χ0) is 91.2. The van der Waals surface area contributed by atoms with Crippen molar-refractivity contribution in [3.8, 4) is 23.0 Å². The molecule has 2 atom stereocenters. The van der Waals surface area contributed by atoms with Crippen LogP contribution in [0.3, 0.4) is 0 Å². The minimum absolute atomic E-state index is 0.0193. The van der Waals surface area contributed by atoms with E-state index in [0.29, 0.717) is 129 Å². The number of aryl methyl sites for hydroxylation is 1. The molecule has 0 unspecified atom stereocenters. The van der Waals surface area contributed by atoms with E-state index in [2.05, 4.69) is 40.0 Å². The number of carbonyl (C=O) groups is 15. The second kappa shape index (κ2) is 50.1. The van der Waals surface area contributed by atoms with Crippen molar-refractivity contribution in [3.63, 3.8) is 0 Å². The summed E-state index contributed by atoms with van der Waals surface area (Å²) in [5.74, 6) is -3.13. The predicted molar refractivity (Wildman–Crippen MR) is 464 cm³/mol. The molecule has 0 saturated carbocycles. The highest BCUT2D eigenvalue weighted by Crippen LogP contribution is 2.41. The predicted octanol–water partition coefficient (Wildman–Crippen LogP) is 9.61. The molecule has 0 fully saturated rings. The van der Waals surface area contributed by atoms with Gasteiger partial charge >= 0.3 is 17.9 Å². The van der Waals surface area contributed by atoms with Gasteiger partial charge < -0.3 is 70.3 Å². The summed E-state index contributed by atoms with van der Waals surface area (Å²) < 4.78 is 33.1. The van der Waals surface area contributed by atoms with Gasteiger partial charge in [-0.25, -0.2) is 4.84 Å². The molecule has 6 aliphatic rings. The first kappa shape index (κ1) is 100. The van der Waals surface area contributed by atoms with Gasteiger partial charge in [0, 0.05) is 138 Å². The van der Waals surface area contributed by atoms with E-state index in [-0.39, 0.29) is 148 Å². The van der Waals surface area contributed by atoms with Gasteiger partial charge in [0.15, 0.2) is 17.3 Å². The molecule has 0 aliphatic carbocycles. The monoisotopic (exact) mass is 1740 g/mol. The van der Waals surface area contributed by atoms with Crippen LogP contribution < -0.4 is 50.8 Å². The SMILES string of the molecule is CC(C)(C)OC(=O)CNC(=O)CN.CC(C)(C)OC(=O)CNCl.CCC.COc1ccc(C2=CN3C(=O)c4cc(C)c(OCCCOc5cc6c(cc5OC)C(=O)N5C=C(c7ccc(NC(=O)CCC(=O)CNC(=O)CCCCCN8C(=O)C=CC8=O)cc7)C[C@H]5C=N6)cc4N=C[C@@H]3C2)cc1.O=C(O)CNC(=O)CCC(=O)CCCCCN1C(=O)C=CC1=O. The van der Waals surface area contributed by atoms with E-state index in [1.807, 2.05) is 74.1 Å². The van der Waals surface area contributed by atoms with Crippen LogP contribution in [-0.4, -0.2) is 222 Å². The van der Waals surface area contributed by atoms with Crippen molar-refractivity contribution in [2.45, 2.75) is 188 Å². The molecule has 8 N–H and O–H groups in total. The number of benzene rings is 4. The number of fused-ring (bicyclic) bond motifs is 4. The van der Waals surface area contributed by atoms with E-state index in [1.54, 1.807) is 88.9 Å². The normalized spacial score (nSPS) is 15.0. The fourth-order valence-electron chi connectivity index (χ4n) is 12.5. The third-order valence-corrected chi connectivity index (χ3v) is 18.6. The number of ether oxygens (including phenoxy) is 6. The summed E-state index contributed by atoms with van der Waals surface area (Å²) in [6.45, 7) is 17.3. The molecule has 668 valence electrons. The van der Waals surface area contributed by atoms with Gasteiger partial charge in [0.2, 0.25) is 23.6 Å². The quantitative estimate of drug-likeness (QED) is 0.00949. The van der Waals surface area contributed by atoms with Crippen molar-refractivity contribution >= 4 is 141 Å². The molecule has 10 rings (SSSR count). The zero-order valence-corrected chi connectivity index (χ0v) is 72.8. The summed E-state index contributed by atoms with van der Waals surface area (Å²) in [6, 6.07) is 21.5. The highest BCUT2D eigenvalue weighted by Gasteiger charge is 2.36. The highest BCUT2D eigenvalue weighted by atomic mass is 35.5. The van der Waals surface area contributed by atoms with Crippen LogP contribution in [0.15, 0.2) is 119 Å². The Morgan fingerprint density at radius 1 is 0.508 bits per heavy atom. The number of carboxylic acid groups (broad SMARTS) is 1. The van der Waals surface area contributed by atoms with E-state index < -0.39 is 35.6 Å². The number of nitrogens with one attached hydrogen (secondary N) is 5. The summed E-state index contributed by atoms with van der Waals surface area (Å²) in [5, 5.41) is 18.3. The van der Waals surface area contributed by atoms with Crippen LogP contribution in [0.5, 0.6) is 23.0 Å². The number of halogens is 1. The summed E-state index contributed by atoms with van der Waals surface area (Å²) in [6.07, 6.45) is 19.4. The fourth-order valence-corrected chi connectivity index (χ4v) is 12.6. The first-order chi connectivity index (χ1) is 59.0. The van der Waals surface area contributed by atoms with Crippen LogP contribution in [0, 0.1) is 6.92 Å². The number of unbranched alkanes of at least 4 members (excludes halogenated alkanes) is 4. The fraction of sp³-hybridized carbons (Fsp3) is 0.449. The van der Waals surface area contributed by atoms with Crippen molar-refractivity contribution in [1.82, 2.24) is 40.4 Å². The molecule has 124 heavy (non-hydrogen) atoms. The van der Waals surface area contributed by atoms with E-state index in [4.69, 9.17) is 61.0 Å². The topological polar surface area (TPSA) is 456 Å². The molecule has 6 aliphatic heterocycles. The second-order valence-corrected chi connectivity index (χ2v) is 31.3. The number of Topliss-reactive ketones (excluding diaryl/α,β-unsaturated/α-hetero) is 2. The number of ketones is 2. The Kier molecular flexibility index (Phi) is 40.5. The van der Waals surface area contributed by atoms with Crippen molar-refractivity contribution < 1.29 is 105 Å². The lowest BCUT2D eigenvalue weighted by Gasteiger charge is -2.19. The highest BCUT2D eigenvalue weighted by molar-refractivity contribution is 6.15. The van der Waals surface area contributed by atoms with E-state index in [1.165, 1.54) is 37.8 Å². The number of carbonyl (C=O) groups excluding carboxylic acids is 14. The van der Waals surface area contributed by atoms with Crippen LogP contribution in [-0.2, 0) is 71.8 Å². The number of rotatable bonds is 38. The number of carboxylic acids is 1. The minimum Gasteiger partial charge on any atom is -0.497 e. The van der Waals surface area contributed by atoms with Crippen LogP contribution >= 0.6 is 11.8 Å². The molecule has 0 radical (unpaired) electrons. The van der Waals surface area contributed by atoms with Crippen LogP contribution in [0.4, 0.5) is 17.1 Å². The van der Waals surface area contributed by atoms with Crippen molar-refractivity contribution in [2.75, 3.05) is 78.6 Å². The van der Waals surface area contributed by atoms with Gasteiger partial charge in [-0.3, -0.25) is 91.7 Å². The average Bonchev–Trinajstić information content (AvgIpc) is 1.62. The Labute approximate surface area is 726 Å². The van der Waals surface area contributed by atoms with Crippen LogP contribution in [0.1, 0.15) is 196 Å². The minimum atomic E-state index is -1.13.